The fraction of sp³-hybridized carbons (Fsp3) is 0.640. The number of urea groups is 1. The minimum absolute atomic E-state index is 0.00586. The SMILES string of the molecule is O=C1NNC(Cc2ccc(F)c(C(=O)N3CCN(C(=O)N4CCCCC4)CC3)c2)C2NCCCC12. The van der Waals surface area contributed by atoms with E-state index in [4.69, 9.17) is 0 Å². The number of hydrogen-bond donors (Lipinski definition) is 3. The Labute approximate surface area is 205 Å². The van der Waals surface area contributed by atoms with Gasteiger partial charge in [0.25, 0.3) is 5.91 Å². The molecule has 4 fully saturated rings. The van der Waals surface area contributed by atoms with E-state index in [-0.39, 0.29) is 41.4 Å². The van der Waals surface area contributed by atoms with Crippen molar-refractivity contribution in [3.8, 4) is 0 Å². The van der Waals surface area contributed by atoms with Gasteiger partial charge < -0.3 is 20.0 Å². The van der Waals surface area contributed by atoms with E-state index in [1.807, 2.05) is 4.90 Å². The van der Waals surface area contributed by atoms with E-state index in [0.29, 0.717) is 32.6 Å². The molecular weight excluding hydrogens is 451 g/mol. The lowest BCUT2D eigenvalue weighted by molar-refractivity contribution is -0.131. The molecule has 0 aromatic heterocycles. The second-order valence-corrected chi connectivity index (χ2v) is 10.1. The van der Waals surface area contributed by atoms with Gasteiger partial charge in [-0.15, -0.1) is 0 Å². The molecule has 10 heteroatoms. The summed E-state index contributed by atoms with van der Waals surface area (Å²) in [6.45, 7) is 4.18. The van der Waals surface area contributed by atoms with Gasteiger partial charge in [-0.2, -0.15) is 0 Å². The lowest BCUT2D eigenvalue weighted by atomic mass is 9.82. The van der Waals surface area contributed by atoms with Crippen LogP contribution in [0.3, 0.4) is 0 Å². The predicted molar refractivity (Wildman–Crippen MR) is 128 cm³/mol. The molecule has 4 saturated heterocycles. The van der Waals surface area contributed by atoms with Crippen LogP contribution >= 0.6 is 0 Å². The average molecular weight is 487 g/mol. The molecule has 0 saturated carbocycles. The minimum atomic E-state index is -0.538. The Morgan fingerprint density at radius 3 is 2.43 bits per heavy atom. The summed E-state index contributed by atoms with van der Waals surface area (Å²) >= 11 is 0. The van der Waals surface area contributed by atoms with E-state index in [9.17, 15) is 18.8 Å². The summed E-state index contributed by atoms with van der Waals surface area (Å²) in [5.41, 5.74) is 6.77. The molecule has 0 aliphatic carbocycles. The summed E-state index contributed by atoms with van der Waals surface area (Å²) < 4.78 is 14.7. The second kappa shape index (κ2) is 10.5. The normalized spacial score (nSPS) is 27.3. The first kappa shape index (κ1) is 24.0. The van der Waals surface area contributed by atoms with Gasteiger partial charge in [-0.05, 0) is 62.8 Å². The van der Waals surface area contributed by atoms with Crippen molar-refractivity contribution in [2.75, 3.05) is 45.8 Å². The third kappa shape index (κ3) is 5.13. The number of amides is 4. The highest BCUT2D eigenvalue weighted by atomic mass is 19.1. The smallest absolute Gasteiger partial charge is 0.320 e. The highest BCUT2D eigenvalue weighted by Crippen LogP contribution is 2.25. The zero-order valence-corrected chi connectivity index (χ0v) is 20.1. The molecule has 4 aliphatic rings. The minimum Gasteiger partial charge on any atom is -0.335 e. The molecule has 9 nitrogen and oxygen atoms in total. The fourth-order valence-electron chi connectivity index (χ4n) is 5.83. The number of likely N-dealkylation sites (tertiary alicyclic amines) is 1. The number of piperidine rings is 2. The molecular formula is C25H35FN6O3. The molecule has 0 radical (unpaired) electrons. The monoisotopic (exact) mass is 486 g/mol. The molecule has 1 aromatic carbocycles. The van der Waals surface area contributed by atoms with Gasteiger partial charge in [0.05, 0.1) is 11.5 Å². The van der Waals surface area contributed by atoms with Crippen LogP contribution in [0, 0.1) is 11.7 Å². The number of nitrogens with zero attached hydrogens (tertiary/aromatic N) is 3. The van der Waals surface area contributed by atoms with Gasteiger partial charge in [-0.3, -0.25) is 15.0 Å². The van der Waals surface area contributed by atoms with Crippen molar-refractivity contribution < 1.29 is 18.8 Å². The maximum Gasteiger partial charge on any atom is 0.320 e. The standard InChI is InChI=1S/C25H35FN6O3/c26-20-7-6-17(16-21-22-18(5-4-8-27-22)23(33)29-28-21)15-19(20)24(34)30-11-13-32(14-12-30)25(35)31-9-2-1-3-10-31/h6-7,15,18,21-22,27-28H,1-5,8-14,16H2,(H,29,33). The Morgan fingerprint density at radius 2 is 1.66 bits per heavy atom. The second-order valence-electron chi connectivity index (χ2n) is 10.1. The first-order valence-corrected chi connectivity index (χ1v) is 12.9. The third-order valence-corrected chi connectivity index (χ3v) is 7.84. The maximum absolute atomic E-state index is 14.7. The summed E-state index contributed by atoms with van der Waals surface area (Å²) in [5, 5.41) is 3.45. The van der Waals surface area contributed by atoms with Crippen LogP contribution in [0.25, 0.3) is 0 Å². The molecule has 5 rings (SSSR count). The van der Waals surface area contributed by atoms with Crippen LogP contribution in [0.2, 0.25) is 0 Å². The Kier molecular flexibility index (Phi) is 7.19. The van der Waals surface area contributed by atoms with Crippen LogP contribution < -0.4 is 16.2 Å². The zero-order valence-electron chi connectivity index (χ0n) is 20.1. The van der Waals surface area contributed by atoms with Crippen molar-refractivity contribution in [3.63, 3.8) is 0 Å². The van der Waals surface area contributed by atoms with Crippen LogP contribution in [0.1, 0.15) is 48.0 Å². The van der Waals surface area contributed by atoms with Gasteiger partial charge in [0.2, 0.25) is 5.91 Å². The number of halogens is 1. The van der Waals surface area contributed by atoms with Crippen molar-refractivity contribution in [1.82, 2.24) is 30.9 Å². The number of rotatable bonds is 3. The number of benzene rings is 1. The maximum atomic E-state index is 14.7. The van der Waals surface area contributed by atoms with Gasteiger partial charge >= 0.3 is 6.03 Å². The van der Waals surface area contributed by atoms with E-state index >= 15 is 0 Å². The Bertz CT molecular complexity index is 961. The van der Waals surface area contributed by atoms with Crippen molar-refractivity contribution in [2.45, 2.75) is 50.6 Å². The Morgan fingerprint density at radius 1 is 0.943 bits per heavy atom. The first-order chi connectivity index (χ1) is 17.0. The number of carbonyl (C=O) groups excluding carboxylic acids is 3. The highest BCUT2D eigenvalue weighted by Gasteiger charge is 2.40. The summed E-state index contributed by atoms with van der Waals surface area (Å²) in [6.07, 6.45) is 5.63. The Balaban J connectivity index is 1.21. The molecule has 4 amide bonds. The van der Waals surface area contributed by atoms with Crippen molar-refractivity contribution in [1.29, 1.82) is 0 Å². The zero-order chi connectivity index (χ0) is 24.4. The quantitative estimate of drug-likeness (QED) is 0.595. The summed E-state index contributed by atoms with van der Waals surface area (Å²) in [4.78, 5) is 43.5. The van der Waals surface area contributed by atoms with Gasteiger partial charge in [-0.25, -0.2) is 14.6 Å². The van der Waals surface area contributed by atoms with E-state index in [1.165, 1.54) is 12.5 Å². The summed E-state index contributed by atoms with van der Waals surface area (Å²) in [5.74, 6) is -0.955. The van der Waals surface area contributed by atoms with Gasteiger partial charge in [0.1, 0.15) is 5.82 Å². The summed E-state index contributed by atoms with van der Waals surface area (Å²) in [6, 6.07) is 4.71. The predicted octanol–water partition coefficient (Wildman–Crippen LogP) is 1.10. The van der Waals surface area contributed by atoms with E-state index in [0.717, 1.165) is 50.9 Å². The van der Waals surface area contributed by atoms with Crippen LogP contribution in [0.5, 0.6) is 0 Å². The first-order valence-electron chi connectivity index (χ1n) is 12.9. The molecule has 1 aromatic rings. The third-order valence-electron chi connectivity index (χ3n) is 7.84. The topological polar surface area (TPSA) is 97.0 Å². The van der Waals surface area contributed by atoms with Crippen LogP contribution in [0.4, 0.5) is 9.18 Å². The van der Waals surface area contributed by atoms with Gasteiger partial charge in [0, 0.05) is 51.4 Å². The van der Waals surface area contributed by atoms with E-state index in [1.54, 1.807) is 21.9 Å². The van der Waals surface area contributed by atoms with Crippen molar-refractivity contribution in [2.24, 2.45) is 5.92 Å². The van der Waals surface area contributed by atoms with Crippen LogP contribution in [0.15, 0.2) is 18.2 Å². The van der Waals surface area contributed by atoms with Gasteiger partial charge in [-0.1, -0.05) is 6.07 Å². The average Bonchev–Trinajstić information content (AvgIpc) is 2.91. The fourth-order valence-corrected chi connectivity index (χ4v) is 5.83. The highest BCUT2D eigenvalue weighted by molar-refractivity contribution is 5.95. The van der Waals surface area contributed by atoms with Crippen molar-refractivity contribution >= 4 is 17.8 Å². The molecule has 0 spiro atoms. The molecule has 190 valence electrons. The van der Waals surface area contributed by atoms with E-state index < -0.39 is 5.82 Å². The largest absolute Gasteiger partial charge is 0.335 e. The lowest BCUT2D eigenvalue weighted by Gasteiger charge is -2.41. The van der Waals surface area contributed by atoms with Crippen LogP contribution in [-0.4, -0.2) is 90.4 Å². The molecule has 3 N–H and O–H groups in total. The number of fused-ring (bicyclic) bond motifs is 1. The molecule has 35 heavy (non-hydrogen) atoms. The molecule has 4 aliphatic heterocycles. The summed E-state index contributed by atoms with van der Waals surface area (Å²) in [7, 11) is 0. The molecule has 0 bridgehead atoms. The van der Waals surface area contributed by atoms with Gasteiger partial charge in [0.15, 0.2) is 0 Å². The van der Waals surface area contributed by atoms with E-state index in [2.05, 4.69) is 16.2 Å². The number of carbonyl (C=O) groups is 3. The molecule has 4 heterocycles. The number of piperazine rings is 1. The lowest BCUT2D eigenvalue weighted by Crippen LogP contribution is -2.67. The Hall–Kier alpha value is -2.72. The molecule has 3 unspecified atom stereocenters. The van der Waals surface area contributed by atoms with Crippen molar-refractivity contribution in [3.05, 3.63) is 35.1 Å². The van der Waals surface area contributed by atoms with Crippen LogP contribution in [-0.2, 0) is 11.2 Å². The molecule has 3 atom stereocenters. The number of nitrogens with one attached hydrogen (secondary N) is 3. The number of hydrazine groups is 1. The number of hydrogen-bond acceptors (Lipinski definition) is 5.